The SMILES string of the molecule is CC(C)(C)CC1CN=C(Nc2cccc3ccncc23)S1. The van der Waals surface area contributed by atoms with Crippen molar-refractivity contribution in [2.75, 3.05) is 11.9 Å². The maximum absolute atomic E-state index is 4.65. The summed E-state index contributed by atoms with van der Waals surface area (Å²) in [7, 11) is 0. The first-order valence-electron chi connectivity index (χ1n) is 7.32. The minimum atomic E-state index is 0.353. The molecule has 1 atom stereocenters. The van der Waals surface area contributed by atoms with E-state index in [1.165, 1.54) is 11.8 Å². The second kappa shape index (κ2) is 5.68. The van der Waals surface area contributed by atoms with Crippen LogP contribution < -0.4 is 5.32 Å². The molecule has 1 aromatic carbocycles. The monoisotopic (exact) mass is 299 g/mol. The first kappa shape index (κ1) is 14.4. The van der Waals surface area contributed by atoms with E-state index in [-0.39, 0.29) is 0 Å². The summed E-state index contributed by atoms with van der Waals surface area (Å²) in [6, 6.07) is 8.29. The van der Waals surface area contributed by atoms with Crippen molar-refractivity contribution < 1.29 is 0 Å². The van der Waals surface area contributed by atoms with Crippen molar-refractivity contribution in [2.24, 2.45) is 10.4 Å². The number of hydrogen-bond donors (Lipinski definition) is 1. The van der Waals surface area contributed by atoms with Gasteiger partial charge in [0.15, 0.2) is 5.17 Å². The van der Waals surface area contributed by atoms with E-state index in [9.17, 15) is 0 Å². The van der Waals surface area contributed by atoms with Gasteiger partial charge in [-0.05, 0) is 29.4 Å². The third-order valence-corrected chi connectivity index (χ3v) is 4.59. The van der Waals surface area contributed by atoms with Gasteiger partial charge in [0.05, 0.1) is 6.54 Å². The third-order valence-electron chi connectivity index (χ3n) is 3.48. The van der Waals surface area contributed by atoms with E-state index in [0.29, 0.717) is 10.7 Å². The molecule has 3 nitrogen and oxygen atoms in total. The predicted molar refractivity (Wildman–Crippen MR) is 93.1 cm³/mol. The summed E-state index contributed by atoms with van der Waals surface area (Å²) in [5, 5.41) is 7.42. The molecule has 0 spiro atoms. The van der Waals surface area contributed by atoms with Crippen LogP contribution in [0.25, 0.3) is 10.8 Å². The van der Waals surface area contributed by atoms with Gasteiger partial charge in [-0.25, -0.2) is 0 Å². The molecule has 4 heteroatoms. The van der Waals surface area contributed by atoms with Crippen molar-refractivity contribution in [3.8, 4) is 0 Å². The first-order valence-corrected chi connectivity index (χ1v) is 8.20. The molecule has 3 rings (SSSR count). The lowest BCUT2D eigenvalue weighted by Crippen LogP contribution is -2.16. The van der Waals surface area contributed by atoms with Gasteiger partial charge >= 0.3 is 0 Å². The Kier molecular flexibility index (Phi) is 3.89. The van der Waals surface area contributed by atoms with Gasteiger partial charge in [0, 0.05) is 28.7 Å². The molecule has 0 saturated heterocycles. The van der Waals surface area contributed by atoms with Crippen LogP contribution in [0.15, 0.2) is 41.7 Å². The molecule has 0 bridgehead atoms. The Morgan fingerprint density at radius 2 is 2.14 bits per heavy atom. The van der Waals surface area contributed by atoms with Crippen molar-refractivity contribution in [3.05, 3.63) is 36.7 Å². The van der Waals surface area contributed by atoms with E-state index in [2.05, 4.69) is 54.3 Å². The molecular formula is C17H21N3S. The average Bonchev–Trinajstić information content (AvgIpc) is 2.84. The molecule has 1 aromatic heterocycles. The van der Waals surface area contributed by atoms with E-state index < -0.39 is 0 Å². The quantitative estimate of drug-likeness (QED) is 0.883. The lowest BCUT2D eigenvalue weighted by molar-refractivity contribution is 0.375. The van der Waals surface area contributed by atoms with Crippen LogP contribution in [0.5, 0.6) is 0 Å². The molecule has 0 amide bonds. The number of aromatic nitrogens is 1. The van der Waals surface area contributed by atoms with E-state index in [4.69, 9.17) is 0 Å². The molecule has 2 aromatic rings. The van der Waals surface area contributed by atoms with Crippen LogP contribution in [0.2, 0.25) is 0 Å². The molecule has 0 radical (unpaired) electrons. The Morgan fingerprint density at radius 1 is 1.29 bits per heavy atom. The molecule has 2 heterocycles. The summed E-state index contributed by atoms with van der Waals surface area (Å²) in [4.78, 5) is 8.88. The van der Waals surface area contributed by atoms with Crippen LogP contribution in [0.3, 0.4) is 0 Å². The highest BCUT2D eigenvalue weighted by atomic mass is 32.2. The molecule has 1 aliphatic rings. The van der Waals surface area contributed by atoms with Gasteiger partial charge in [0.1, 0.15) is 0 Å². The fourth-order valence-corrected chi connectivity index (χ4v) is 3.98. The molecule has 110 valence electrons. The van der Waals surface area contributed by atoms with E-state index in [1.54, 1.807) is 0 Å². The van der Waals surface area contributed by atoms with Gasteiger partial charge in [-0.3, -0.25) is 9.98 Å². The zero-order valence-corrected chi connectivity index (χ0v) is 13.6. The Hall–Kier alpha value is -1.55. The molecule has 0 aliphatic carbocycles. The van der Waals surface area contributed by atoms with Crippen molar-refractivity contribution in [2.45, 2.75) is 32.4 Å². The molecule has 1 unspecified atom stereocenters. The second-order valence-corrected chi connectivity index (χ2v) is 7.97. The molecule has 1 aliphatic heterocycles. The number of pyridine rings is 1. The number of benzene rings is 1. The predicted octanol–water partition coefficient (Wildman–Crippen LogP) is 4.55. The number of thioether (sulfide) groups is 1. The van der Waals surface area contributed by atoms with Crippen molar-refractivity contribution in [1.29, 1.82) is 0 Å². The van der Waals surface area contributed by atoms with Gasteiger partial charge in [-0.2, -0.15) is 0 Å². The highest BCUT2D eigenvalue weighted by Crippen LogP contribution is 2.33. The minimum Gasteiger partial charge on any atom is -0.334 e. The van der Waals surface area contributed by atoms with E-state index in [1.807, 2.05) is 30.2 Å². The number of anilines is 1. The van der Waals surface area contributed by atoms with Gasteiger partial charge in [0.25, 0.3) is 0 Å². The summed E-state index contributed by atoms with van der Waals surface area (Å²) in [6.07, 6.45) is 4.92. The van der Waals surface area contributed by atoms with Gasteiger partial charge in [0.2, 0.25) is 0 Å². The number of hydrogen-bond acceptors (Lipinski definition) is 4. The van der Waals surface area contributed by atoms with Crippen LogP contribution in [0, 0.1) is 5.41 Å². The van der Waals surface area contributed by atoms with Crippen molar-refractivity contribution >= 4 is 33.4 Å². The summed E-state index contributed by atoms with van der Waals surface area (Å²) in [6.45, 7) is 7.77. The third kappa shape index (κ3) is 3.56. The summed E-state index contributed by atoms with van der Waals surface area (Å²) in [5.74, 6) is 0. The van der Waals surface area contributed by atoms with Crippen molar-refractivity contribution in [1.82, 2.24) is 4.98 Å². The van der Waals surface area contributed by atoms with Gasteiger partial charge < -0.3 is 5.32 Å². The summed E-state index contributed by atoms with van der Waals surface area (Å²) < 4.78 is 0. The molecular weight excluding hydrogens is 278 g/mol. The van der Waals surface area contributed by atoms with Crippen molar-refractivity contribution in [3.63, 3.8) is 0 Å². The van der Waals surface area contributed by atoms with Gasteiger partial charge in [-0.15, -0.1) is 0 Å². The standard InChI is InChI=1S/C17H21N3S/c1-17(2,3)9-13-10-19-16(21-13)20-15-6-4-5-12-7-8-18-11-14(12)15/h4-8,11,13H,9-10H2,1-3H3,(H,19,20). The number of nitrogens with one attached hydrogen (secondary N) is 1. The highest BCUT2D eigenvalue weighted by Gasteiger charge is 2.25. The Balaban J connectivity index is 1.73. The second-order valence-electron chi connectivity index (χ2n) is 6.68. The minimum absolute atomic E-state index is 0.353. The number of amidine groups is 1. The van der Waals surface area contributed by atoms with E-state index in [0.717, 1.165) is 22.8 Å². The summed E-state index contributed by atoms with van der Waals surface area (Å²) >= 11 is 1.86. The zero-order valence-electron chi connectivity index (χ0n) is 12.8. The highest BCUT2D eigenvalue weighted by molar-refractivity contribution is 8.15. The number of nitrogens with zero attached hydrogens (tertiary/aromatic N) is 2. The Morgan fingerprint density at radius 3 is 2.95 bits per heavy atom. The lowest BCUT2D eigenvalue weighted by Gasteiger charge is -2.21. The molecule has 0 fully saturated rings. The first-order chi connectivity index (χ1) is 10.0. The van der Waals surface area contributed by atoms with Crippen LogP contribution >= 0.6 is 11.8 Å². The number of fused-ring (bicyclic) bond motifs is 1. The fourth-order valence-electron chi connectivity index (χ4n) is 2.61. The number of aliphatic imine (C=N–C) groups is 1. The molecule has 1 N–H and O–H groups in total. The Bertz CT molecular complexity index is 668. The van der Waals surface area contributed by atoms with Crippen LogP contribution in [0.4, 0.5) is 5.69 Å². The topological polar surface area (TPSA) is 37.3 Å². The normalized spacial score (nSPS) is 18.8. The maximum Gasteiger partial charge on any atom is 0.161 e. The van der Waals surface area contributed by atoms with Gasteiger partial charge in [-0.1, -0.05) is 44.7 Å². The Labute approximate surface area is 130 Å². The average molecular weight is 299 g/mol. The fraction of sp³-hybridized carbons (Fsp3) is 0.412. The van der Waals surface area contributed by atoms with Crippen LogP contribution in [-0.2, 0) is 0 Å². The number of rotatable bonds is 2. The lowest BCUT2D eigenvalue weighted by atomic mass is 9.90. The zero-order chi connectivity index (χ0) is 14.9. The molecule has 21 heavy (non-hydrogen) atoms. The maximum atomic E-state index is 4.65. The molecule has 0 saturated carbocycles. The summed E-state index contributed by atoms with van der Waals surface area (Å²) in [5.41, 5.74) is 1.44. The van der Waals surface area contributed by atoms with E-state index >= 15 is 0 Å². The largest absolute Gasteiger partial charge is 0.334 e. The van der Waals surface area contributed by atoms with Crippen LogP contribution in [0.1, 0.15) is 27.2 Å². The smallest absolute Gasteiger partial charge is 0.161 e. The van der Waals surface area contributed by atoms with Crippen LogP contribution in [-0.4, -0.2) is 21.9 Å².